The number of hydrogen-bond acceptors (Lipinski definition) is 2. The highest BCUT2D eigenvalue weighted by atomic mass is 19.1. The standard InChI is InChI=1S/C25H29FN2O/c1-2-21-13-22-23(11-20(26)12-24(22)27-21)25(29)18-9-6-10-19(25)16-28(15-18)14-17-7-4-3-5-8-17/h3-5,7-8,11-13,18-19,27,29H,2,6,9-10,14-16H2,1H3. The molecule has 3 aromatic rings. The Kier molecular flexibility index (Phi) is 4.72. The Balaban J connectivity index is 1.52. The van der Waals surface area contributed by atoms with Gasteiger partial charge in [0.25, 0.3) is 0 Å². The van der Waals surface area contributed by atoms with E-state index in [-0.39, 0.29) is 17.7 Å². The zero-order valence-electron chi connectivity index (χ0n) is 17.0. The maximum absolute atomic E-state index is 14.5. The van der Waals surface area contributed by atoms with E-state index in [4.69, 9.17) is 0 Å². The molecule has 2 aromatic carbocycles. The summed E-state index contributed by atoms with van der Waals surface area (Å²) < 4.78 is 14.5. The van der Waals surface area contributed by atoms with Crippen LogP contribution in [0.5, 0.6) is 0 Å². The van der Waals surface area contributed by atoms with Crippen molar-refractivity contribution in [1.29, 1.82) is 0 Å². The Morgan fingerprint density at radius 2 is 1.83 bits per heavy atom. The summed E-state index contributed by atoms with van der Waals surface area (Å²) >= 11 is 0. The van der Waals surface area contributed by atoms with E-state index >= 15 is 0 Å². The summed E-state index contributed by atoms with van der Waals surface area (Å²) in [6, 6.07) is 15.8. The Morgan fingerprint density at radius 3 is 2.52 bits per heavy atom. The van der Waals surface area contributed by atoms with Crippen LogP contribution >= 0.6 is 0 Å². The van der Waals surface area contributed by atoms with E-state index in [2.05, 4.69) is 47.1 Å². The monoisotopic (exact) mass is 392 g/mol. The molecule has 1 saturated heterocycles. The van der Waals surface area contributed by atoms with Crippen LogP contribution in [-0.2, 0) is 18.6 Å². The molecule has 1 aliphatic heterocycles. The van der Waals surface area contributed by atoms with Gasteiger partial charge < -0.3 is 10.1 Å². The second kappa shape index (κ2) is 7.26. The summed E-state index contributed by atoms with van der Waals surface area (Å²) in [6.45, 7) is 4.70. The van der Waals surface area contributed by atoms with Gasteiger partial charge in [0.05, 0.1) is 5.60 Å². The van der Waals surface area contributed by atoms with Crippen molar-refractivity contribution in [2.45, 2.75) is 44.8 Å². The summed E-state index contributed by atoms with van der Waals surface area (Å²) in [5.74, 6) is -0.0115. The highest BCUT2D eigenvalue weighted by Gasteiger charge is 2.52. The summed E-state index contributed by atoms with van der Waals surface area (Å²) in [5.41, 5.74) is 3.02. The summed E-state index contributed by atoms with van der Waals surface area (Å²) in [7, 11) is 0. The van der Waals surface area contributed by atoms with E-state index in [0.717, 1.165) is 67.5 Å². The first kappa shape index (κ1) is 18.8. The zero-order chi connectivity index (χ0) is 20.0. The number of aromatic nitrogens is 1. The molecule has 152 valence electrons. The minimum Gasteiger partial charge on any atom is -0.384 e. The van der Waals surface area contributed by atoms with Gasteiger partial charge in [0, 0.05) is 48.1 Å². The van der Waals surface area contributed by atoms with Crippen molar-refractivity contribution in [3.05, 3.63) is 71.2 Å². The first-order chi connectivity index (χ1) is 14.1. The molecule has 3 nitrogen and oxygen atoms in total. The van der Waals surface area contributed by atoms with Crippen LogP contribution in [-0.4, -0.2) is 28.1 Å². The maximum Gasteiger partial charge on any atom is 0.125 e. The molecule has 0 amide bonds. The van der Waals surface area contributed by atoms with E-state index in [1.807, 2.05) is 6.07 Å². The quantitative estimate of drug-likeness (QED) is 0.657. The molecule has 2 aliphatic rings. The molecule has 2 fully saturated rings. The van der Waals surface area contributed by atoms with Crippen LogP contribution in [0, 0.1) is 17.7 Å². The third-order valence-electron chi connectivity index (χ3n) is 7.13. The van der Waals surface area contributed by atoms with Crippen molar-refractivity contribution < 1.29 is 9.50 Å². The van der Waals surface area contributed by atoms with E-state index in [1.165, 1.54) is 5.56 Å². The van der Waals surface area contributed by atoms with Gasteiger partial charge in [-0.1, -0.05) is 43.7 Å². The number of nitrogens with one attached hydrogen (secondary N) is 1. The number of H-pyrrole nitrogens is 1. The predicted molar refractivity (Wildman–Crippen MR) is 114 cm³/mol. The van der Waals surface area contributed by atoms with E-state index in [9.17, 15) is 9.50 Å². The van der Waals surface area contributed by atoms with Crippen LogP contribution < -0.4 is 0 Å². The molecular weight excluding hydrogens is 363 g/mol. The molecule has 2 atom stereocenters. The Bertz CT molecular complexity index is 998. The molecule has 1 saturated carbocycles. The molecular formula is C25H29FN2O. The third-order valence-corrected chi connectivity index (χ3v) is 7.13. The van der Waals surface area contributed by atoms with E-state index in [1.54, 1.807) is 12.1 Å². The number of aliphatic hydroxyl groups is 1. The second-order valence-corrected chi connectivity index (χ2v) is 8.89. The van der Waals surface area contributed by atoms with Gasteiger partial charge in [-0.05, 0) is 48.6 Å². The van der Waals surface area contributed by atoms with E-state index in [0.29, 0.717) is 0 Å². The third kappa shape index (κ3) is 3.19. The maximum atomic E-state index is 14.5. The molecule has 4 heteroatoms. The largest absolute Gasteiger partial charge is 0.384 e. The minimum absolute atomic E-state index is 0.128. The van der Waals surface area contributed by atoms with Gasteiger partial charge in [-0.2, -0.15) is 0 Å². The highest BCUT2D eigenvalue weighted by molar-refractivity contribution is 5.85. The van der Waals surface area contributed by atoms with Crippen molar-refractivity contribution in [1.82, 2.24) is 9.88 Å². The zero-order valence-corrected chi connectivity index (χ0v) is 17.0. The van der Waals surface area contributed by atoms with Crippen LogP contribution in [0.1, 0.15) is 43.0 Å². The van der Waals surface area contributed by atoms with Crippen LogP contribution in [0.4, 0.5) is 4.39 Å². The molecule has 1 aliphatic carbocycles. The van der Waals surface area contributed by atoms with Crippen LogP contribution in [0.25, 0.3) is 10.9 Å². The summed E-state index contributed by atoms with van der Waals surface area (Å²) in [6.07, 6.45) is 3.98. The number of halogens is 1. The summed E-state index contributed by atoms with van der Waals surface area (Å²) in [5, 5.41) is 13.1. The normalized spacial score (nSPS) is 27.4. The Hall–Kier alpha value is -2.17. The van der Waals surface area contributed by atoms with Gasteiger partial charge in [-0.15, -0.1) is 0 Å². The second-order valence-electron chi connectivity index (χ2n) is 8.89. The molecule has 2 heterocycles. The molecule has 0 spiro atoms. The van der Waals surface area contributed by atoms with Crippen LogP contribution in [0.3, 0.4) is 0 Å². The van der Waals surface area contributed by atoms with Gasteiger partial charge in [-0.25, -0.2) is 4.39 Å². The number of likely N-dealkylation sites (tertiary alicyclic amines) is 1. The lowest BCUT2D eigenvalue weighted by Gasteiger charge is -2.53. The van der Waals surface area contributed by atoms with E-state index < -0.39 is 5.60 Å². The lowest BCUT2D eigenvalue weighted by Crippen LogP contribution is -2.57. The lowest BCUT2D eigenvalue weighted by atomic mass is 9.62. The number of hydrogen-bond donors (Lipinski definition) is 2. The molecule has 2 N–H and O–H groups in total. The number of nitrogens with zero attached hydrogens (tertiary/aromatic N) is 1. The smallest absolute Gasteiger partial charge is 0.125 e. The Morgan fingerprint density at radius 1 is 1.10 bits per heavy atom. The fourth-order valence-electron chi connectivity index (χ4n) is 5.74. The first-order valence-corrected chi connectivity index (χ1v) is 10.9. The fraction of sp³-hybridized carbons (Fsp3) is 0.440. The Labute approximate surface area is 171 Å². The van der Waals surface area contributed by atoms with Crippen LogP contribution in [0.2, 0.25) is 0 Å². The van der Waals surface area contributed by atoms with Gasteiger partial charge in [0.15, 0.2) is 0 Å². The van der Waals surface area contributed by atoms with Gasteiger partial charge in [-0.3, -0.25) is 4.90 Å². The predicted octanol–water partition coefficient (Wildman–Crippen LogP) is 4.99. The number of rotatable bonds is 4. The number of fused-ring (bicyclic) bond motifs is 3. The lowest BCUT2D eigenvalue weighted by molar-refractivity contribution is -0.147. The SMILES string of the molecule is CCc1cc2c(C3(O)C4CCCC3CN(Cc3ccccc3)C4)cc(F)cc2[nH]1. The molecule has 2 unspecified atom stereocenters. The molecule has 29 heavy (non-hydrogen) atoms. The molecule has 5 rings (SSSR count). The topological polar surface area (TPSA) is 39.3 Å². The van der Waals surface area contributed by atoms with Crippen LogP contribution in [0.15, 0.2) is 48.5 Å². The number of piperidine rings is 1. The molecule has 1 aromatic heterocycles. The minimum atomic E-state index is -0.959. The van der Waals surface area contributed by atoms with Crippen molar-refractivity contribution in [2.24, 2.45) is 11.8 Å². The molecule has 2 bridgehead atoms. The van der Waals surface area contributed by atoms with Gasteiger partial charge in [0.2, 0.25) is 0 Å². The average molecular weight is 393 g/mol. The number of aryl methyl sites for hydroxylation is 1. The fourth-order valence-corrected chi connectivity index (χ4v) is 5.74. The summed E-state index contributed by atoms with van der Waals surface area (Å²) in [4.78, 5) is 5.80. The number of aromatic amines is 1. The van der Waals surface area contributed by atoms with Crippen molar-refractivity contribution >= 4 is 10.9 Å². The van der Waals surface area contributed by atoms with Gasteiger partial charge >= 0.3 is 0 Å². The first-order valence-electron chi connectivity index (χ1n) is 10.9. The number of benzene rings is 2. The average Bonchev–Trinajstić information content (AvgIpc) is 3.12. The molecule has 0 radical (unpaired) electrons. The van der Waals surface area contributed by atoms with Crippen molar-refractivity contribution in [2.75, 3.05) is 13.1 Å². The highest BCUT2D eigenvalue weighted by Crippen LogP contribution is 2.51. The van der Waals surface area contributed by atoms with Crippen molar-refractivity contribution in [3.63, 3.8) is 0 Å². The van der Waals surface area contributed by atoms with Gasteiger partial charge in [0.1, 0.15) is 5.82 Å². The van der Waals surface area contributed by atoms with Crippen molar-refractivity contribution in [3.8, 4) is 0 Å².